The highest BCUT2D eigenvalue weighted by Gasteiger charge is 2.19. The molecule has 0 amide bonds. The number of nitro groups is 1. The normalized spacial score (nSPS) is 14.7. The first-order valence-corrected chi connectivity index (χ1v) is 5.78. The SMILES string of the molecule is O=C1CCCC=C1OC(=O)c1ccc([N+](=O)[O-])cc1. The van der Waals surface area contributed by atoms with Crippen LogP contribution in [0.25, 0.3) is 0 Å². The lowest BCUT2D eigenvalue weighted by atomic mass is 10.1. The van der Waals surface area contributed by atoms with Gasteiger partial charge in [-0.1, -0.05) is 0 Å². The van der Waals surface area contributed by atoms with Crippen molar-refractivity contribution in [2.75, 3.05) is 0 Å². The maximum Gasteiger partial charge on any atom is 0.343 e. The van der Waals surface area contributed by atoms with Crippen molar-refractivity contribution in [2.24, 2.45) is 0 Å². The number of carbonyl (C=O) groups is 2. The second kappa shape index (κ2) is 5.43. The molecule has 0 aromatic heterocycles. The lowest BCUT2D eigenvalue weighted by Gasteiger charge is -2.11. The van der Waals surface area contributed by atoms with Crippen molar-refractivity contribution in [3.63, 3.8) is 0 Å². The van der Waals surface area contributed by atoms with Gasteiger partial charge in [-0.05, 0) is 31.1 Å². The van der Waals surface area contributed by atoms with Gasteiger partial charge in [-0.25, -0.2) is 4.79 Å². The quantitative estimate of drug-likeness (QED) is 0.473. The fourth-order valence-electron chi connectivity index (χ4n) is 1.71. The Hall–Kier alpha value is -2.50. The Balaban J connectivity index is 2.09. The number of allylic oxidation sites excluding steroid dienone is 2. The molecule has 0 aliphatic heterocycles. The molecule has 0 atom stereocenters. The average molecular weight is 261 g/mol. The van der Waals surface area contributed by atoms with E-state index >= 15 is 0 Å². The van der Waals surface area contributed by atoms with Crippen molar-refractivity contribution in [1.82, 2.24) is 0 Å². The zero-order chi connectivity index (χ0) is 13.8. The van der Waals surface area contributed by atoms with Crippen LogP contribution in [0.5, 0.6) is 0 Å². The average Bonchev–Trinajstić information content (AvgIpc) is 2.41. The molecule has 0 fully saturated rings. The summed E-state index contributed by atoms with van der Waals surface area (Å²) in [5.74, 6) is -0.812. The fraction of sp³-hybridized carbons (Fsp3) is 0.231. The molecular formula is C13H11NO5. The monoisotopic (exact) mass is 261 g/mol. The predicted octanol–water partition coefficient (Wildman–Crippen LogP) is 2.39. The highest BCUT2D eigenvalue weighted by Crippen LogP contribution is 2.18. The van der Waals surface area contributed by atoms with Crippen molar-refractivity contribution in [1.29, 1.82) is 0 Å². The van der Waals surface area contributed by atoms with Gasteiger partial charge in [-0.2, -0.15) is 0 Å². The number of esters is 1. The third kappa shape index (κ3) is 3.04. The molecule has 1 aromatic carbocycles. The lowest BCUT2D eigenvalue weighted by Crippen LogP contribution is -2.14. The molecule has 1 aromatic rings. The van der Waals surface area contributed by atoms with Crippen LogP contribution in [0.3, 0.4) is 0 Å². The number of nitro benzene ring substituents is 1. The summed E-state index contributed by atoms with van der Waals surface area (Å²) >= 11 is 0. The predicted molar refractivity (Wildman–Crippen MR) is 65.5 cm³/mol. The van der Waals surface area contributed by atoms with Gasteiger partial charge in [0.1, 0.15) is 0 Å². The van der Waals surface area contributed by atoms with Crippen LogP contribution in [0.15, 0.2) is 36.1 Å². The summed E-state index contributed by atoms with van der Waals surface area (Å²) in [6.45, 7) is 0. The van der Waals surface area contributed by atoms with Crippen LogP contribution >= 0.6 is 0 Å². The van der Waals surface area contributed by atoms with Crippen molar-refractivity contribution >= 4 is 17.4 Å². The summed E-state index contributed by atoms with van der Waals surface area (Å²) in [7, 11) is 0. The number of hydrogen-bond acceptors (Lipinski definition) is 5. The summed E-state index contributed by atoms with van der Waals surface area (Å²) in [4.78, 5) is 33.1. The molecule has 0 N–H and O–H groups in total. The van der Waals surface area contributed by atoms with E-state index in [0.29, 0.717) is 12.8 Å². The zero-order valence-electron chi connectivity index (χ0n) is 10.00. The maximum atomic E-state index is 11.8. The van der Waals surface area contributed by atoms with Crippen LogP contribution in [0.2, 0.25) is 0 Å². The van der Waals surface area contributed by atoms with E-state index in [9.17, 15) is 19.7 Å². The minimum atomic E-state index is -0.684. The van der Waals surface area contributed by atoms with E-state index in [4.69, 9.17) is 4.74 Å². The molecule has 0 spiro atoms. The first-order chi connectivity index (χ1) is 9.08. The van der Waals surface area contributed by atoms with Gasteiger partial charge >= 0.3 is 5.97 Å². The molecule has 1 aliphatic carbocycles. The van der Waals surface area contributed by atoms with Crippen LogP contribution < -0.4 is 0 Å². The first kappa shape index (κ1) is 12.9. The molecule has 6 heteroatoms. The van der Waals surface area contributed by atoms with Gasteiger partial charge in [-0.3, -0.25) is 14.9 Å². The highest BCUT2D eigenvalue weighted by molar-refractivity contribution is 5.99. The fourth-order valence-corrected chi connectivity index (χ4v) is 1.71. The molecule has 0 saturated heterocycles. The molecule has 98 valence electrons. The molecule has 0 radical (unpaired) electrons. The van der Waals surface area contributed by atoms with Gasteiger partial charge in [0.2, 0.25) is 0 Å². The molecule has 2 rings (SSSR count). The van der Waals surface area contributed by atoms with Crippen LogP contribution in [-0.2, 0) is 9.53 Å². The van der Waals surface area contributed by atoms with E-state index in [0.717, 1.165) is 6.42 Å². The Morgan fingerprint density at radius 1 is 1.26 bits per heavy atom. The van der Waals surface area contributed by atoms with Crippen molar-refractivity contribution in [2.45, 2.75) is 19.3 Å². The van der Waals surface area contributed by atoms with Gasteiger partial charge in [0.25, 0.3) is 5.69 Å². The Kier molecular flexibility index (Phi) is 3.70. The van der Waals surface area contributed by atoms with Gasteiger partial charge in [-0.15, -0.1) is 0 Å². The van der Waals surface area contributed by atoms with Gasteiger partial charge < -0.3 is 4.74 Å². The smallest absolute Gasteiger partial charge is 0.343 e. The number of rotatable bonds is 3. The van der Waals surface area contributed by atoms with Crippen LogP contribution in [-0.4, -0.2) is 16.7 Å². The van der Waals surface area contributed by atoms with Crippen molar-refractivity contribution in [3.8, 4) is 0 Å². The standard InChI is InChI=1S/C13H11NO5/c15-11-3-1-2-4-12(11)19-13(16)9-5-7-10(8-6-9)14(17)18/h4-8H,1-3H2. The number of ether oxygens (including phenoxy) is 1. The Morgan fingerprint density at radius 3 is 2.53 bits per heavy atom. The summed E-state index contributed by atoms with van der Waals surface area (Å²) in [5, 5.41) is 10.5. The van der Waals surface area contributed by atoms with Crippen molar-refractivity contribution < 1.29 is 19.2 Å². The minimum Gasteiger partial charge on any atom is -0.419 e. The van der Waals surface area contributed by atoms with E-state index in [1.54, 1.807) is 6.08 Å². The zero-order valence-corrected chi connectivity index (χ0v) is 10.00. The maximum absolute atomic E-state index is 11.8. The third-order valence-corrected chi connectivity index (χ3v) is 2.73. The number of nitrogens with zero attached hydrogens (tertiary/aromatic N) is 1. The van der Waals surface area contributed by atoms with E-state index in [-0.39, 0.29) is 22.8 Å². The molecular weight excluding hydrogens is 250 g/mol. The number of Topliss-reactive ketones (excluding diaryl/α,β-unsaturated/α-hetero) is 1. The number of non-ortho nitro benzene ring substituents is 1. The highest BCUT2D eigenvalue weighted by atomic mass is 16.6. The Morgan fingerprint density at radius 2 is 1.95 bits per heavy atom. The summed E-state index contributed by atoms with van der Waals surface area (Å²) < 4.78 is 4.99. The largest absolute Gasteiger partial charge is 0.419 e. The second-order valence-electron chi connectivity index (χ2n) is 4.08. The van der Waals surface area contributed by atoms with E-state index in [1.807, 2.05) is 0 Å². The van der Waals surface area contributed by atoms with Gasteiger partial charge in [0.05, 0.1) is 10.5 Å². The number of ketones is 1. The Bertz CT molecular complexity index is 559. The molecule has 6 nitrogen and oxygen atoms in total. The van der Waals surface area contributed by atoms with Crippen molar-refractivity contribution in [3.05, 3.63) is 51.8 Å². The third-order valence-electron chi connectivity index (χ3n) is 2.73. The number of carbonyl (C=O) groups excluding carboxylic acids is 2. The van der Waals surface area contributed by atoms with E-state index in [2.05, 4.69) is 0 Å². The molecule has 0 unspecified atom stereocenters. The van der Waals surface area contributed by atoms with Gasteiger partial charge in [0.15, 0.2) is 11.5 Å². The lowest BCUT2D eigenvalue weighted by molar-refractivity contribution is -0.384. The summed E-state index contributed by atoms with van der Waals surface area (Å²) in [5.41, 5.74) is 0.0642. The molecule has 19 heavy (non-hydrogen) atoms. The molecule has 0 saturated carbocycles. The number of hydrogen-bond donors (Lipinski definition) is 0. The molecule has 1 aliphatic rings. The molecule has 0 heterocycles. The van der Waals surface area contributed by atoms with E-state index < -0.39 is 10.9 Å². The Labute approximate surface area is 108 Å². The van der Waals surface area contributed by atoms with Crippen LogP contribution in [0.4, 0.5) is 5.69 Å². The second-order valence-corrected chi connectivity index (χ2v) is 4.08. The van der Waals surface area contributed by atoms with E-state index in [1.165, 1.54) is 24.3 Å². The minimum absolute atomic E-state index is 0.0644. The summed E-state index contributed by atoms with van der Waals surface area (Å²) in [6.07, 6.45) is 3.43. The number of benzene rings is 1. The topological polar surface area (TPSA) is 86.5 Å². The van der Waals surface area contributed by atoms with Crippen LogP contribution in [0.1, 0.15) is 29.6 Å². The summed E-state index contributed by atoms with van der Waals surface area (Å²) in [6, 6.07) is 5.03. The van der Waals surface area contributed by atoms with Crippen LogP contribution in [0, 0.1) is 10.1 Å². The van der Waals surface area contributed by atoms with Gasteiger partial charge in [0, 0.05) is 18.6 Å². The first-order valence-electron chi connectivity index (χ1n) is 5.78. The molecule has 0 bridgehead atoms.